The van der Waals surface area contributed by atoms with Gasteiger partial charge in [0.2, 0.25) is 0 Å². The number of carbonyl (C=O) groups is 3. The second-order valence-electron chi connectivity index (χ2n) is 11.2. The highest BCUT2D eigenvalue weighted by atomic mass is 35.5. The summed E-state index contributed by atoms with van der Waals surface area (Å²) < 4.78 is 17.8. The number of carbonyl (C=O) groups excluding carboxylic acids is 2. The first-order chi connectivity index (χ1) is 20.5. The van der Waals surface area contributed by atoms with Gasteiger partial charge in [-0.2, -0.15) is 0 Å². The molecule has 0 saturated heterocycles. The number of anilines is 1. The lowest BCUT2D eigenvalue weighted by molar-refractivity contribution is -0.137. The summed E-state index contributed by atoms with van der Waals surface area (Å²) in [6.07, 6.45) is -2.39. The van der Waals surface area contributed by atoms with E-state index in [1.807, 2.05) is 13.8 Å². The van der Waals surface area contributed by atoms with Crippen LogP contribution in [0.2, 0.25) is 5.02 Å². The second-order valence-corrected chi connectivity index (χ2v) is 11.7. The van der Waals surface area contributed by atoms with Gasteiger partial charge in [0.1, 0.15) is 12.2 Å². The van der Waals surface area contributed by atoms with Crippen LogP contribution in [0, 0.1) is 5.41 Å². The second kappa shape index (κ2) is 13.6. The molecule has 0 fully saturated rings. The number of rotatable bonds is 12. The van der Waals surface area contributed by atoms with E-state index in [9.17, 15) is 24.6 Å². The third-order valence-corrected chi connectivity index (χ3v) is 7.67. The van der Waals surface area contributed by atoms with E-state index in [4.69, 9.17) is 25.8 Å². The first-order valence-corrected chi connectivity index (χ1v) is 14.3. The van der Waals surface area contributed by atoms with Gasteiger partial charge >= 0.3 is 5.97 Å². The molecule has 3 aromatic rings. The van der Waals surface area contributed by atoms with Crippen molar-refractivity contribution in [2.45, 2.75) is 45.3 Å². The zero-order valence-corrected chi connectivity index (χ0v) is 25.4. The maximum Gasteiger partial charge on any atom is 0.303 e. The number of carboxylic acid groups (broad SMARTS) is 1. The van der Waals surface area contributed by atoms with E-state index < -0.39 is 29.5 Å². The molecule has 0 bridgehead atoms. The molecule has 228 valence electrons. The summed E-state index contributed by atoms with van der Waals surface area (Å²) in [5.74, 6) is -0.923. The van der Waals surface area contributed by atoms with Crippen LogP contribution in [-0.4, -0.2) is 61.3 Å². The van der Waals surface area contributed by atoms with Crippen LogP contribution in [0.5, 0.6) is 11.5 Å². The van der Waals surface area contributed by atoms with E-state index in [0.717, 1.165) is 0 Å². The molecule has 0 saturated carbocycles. The number of benzene rings is 3. The summed E-state index contributed by atoms with van der Waals surface area (Å²) in [6.45, 7) is 3.63. The Morgan fingerprint density at radius 1 is 1.02 bits per heavy atom. The van der Waals surface area contributed by atoms with Crippen molar-refractivity contribution in [3.05, 3.63) is 87.9 Å². The standard InChI is InChI=1S/C33H36ClNO8/c1-33(2,19-36)18-35-25-14-13-21(34)16-24(25)30(23-10-7-11-27(41-3)31(23)42-4)43-28(32(35)40)17-26(37)22-9-6-5-8-20(22)12-15-29(38)39/h5-11,13-14,16,28,30,36H,12,15,17-19H2,1-4H3,(H,38,39)/t28-,30-/m1/s1. The SMILES string of the molecule is COc1cccc([C@H]2O[C@H](CC(=O)c3ccccc3CCC(=O)O)C(=O)N(CC(C)(C)CO)c3ccc(Cl)cc32)c1OC. The lowest BCUT2D eigenvalue weighted by atomic mass is 9.92. The molecule has 2 atom stereocenters. The molecule has 0 spiro atoms. The molecule has 1 heterocycles. The number of Topliss-reactive ketones (excluding diaryl/α,β-unsaturated/α-hetero) is 1. The molecule has 43 heavy (non-hydrogen) atoms. The molecule has 0 aliphatic carbocycles. The van der Waals surface area contributed by atoms with Crippen molar-refractivity contribution < 1.29 is 38.8 Å². The van der Waals surface area contributed by atoms with Crippen molar-refractivity contribution in [3.8, 4) is 11.5 Å². The van der Waals surface area contributed by atoms with Gasteiger partial charge in [-0.1, -0.05) is 61.8 Å². The van der Waals surface area contributed by atoms with Crippen molar-refractivity contribution in [1.82, 2.24) is 0 Å². The van der Waals surface area contributed by atoms with Gasteiger partial charge in [-0.05, 0) is 36.2 Å². The van der Waals surface area contributed by atoms with Crippen LogP contribution in [0.25, 0.3) is 0 Å². The number of halogens is 1. The minimum Gasteiger partial charge on any atom is -0.493 e. The molecule has 9 nitrogen and oxygen atoms in total. The Labute approximate surface area is 255 Å². The van der Waals surface area contributed by atoms with E-state index >= 15 is 0 Å². The van der Waals surface area contributed by atoms with E-state index in [1.54, 1.807) is 65.6 Å². The number of ketones is 1. The van der Waals surface area contributed by atoms with Gasteiger partial charge < -0.3 is 29.3 Å². The Morgan fingerprint density at radius 2 is 1.77 bits per heavy atom. The minimum absolute atomic E-state index is 0.138. The number of carboxylic acids is 1. The Morgan fingerprint density at radius 3 is 2.44 bits per heavy atom. The van der Waals surface area contributed by atoms with E-state index in [1.165, 1.54) is 14.2 Å². The van der Waals surface area contributed by atoms with Gasteiger partial charge in [0.05, 0.1) is 14.2 Å². The number of aliphatic carboxylic acids is 1. The molecule has 0 radical (unpaired) electrons. The first kappa shape index (κ1) is 32.0. The molecule has 1 aliphatic rings. The topological polar surface area (TPSA) is 123 Å². The van der Waals surface area contributed by atoms with E-state index in [-0.39, 0.29) is 38.2 Å². The molecular formula is C33H36ClNO8. The monoisotopic (exact) mass is 609 g/mol. The van der Waals surface area contributed by atoms with Crippen molar-refractivity contribution in [3.63, 3.8) is 0 Å². The summed E-state index contributed by atoms with van der Waals surface area (Å²) in [7, 11) is 3.03. The Balaban J connectivity index is 1.85. The Hall–Kier alpha value is -3.92. The van der Waals surface area contributed by atoms with Gasteiger partial charge in [0, 0.05) is 58.8 Å². The maximum absolute atomic E-state index is 14.3. The first-order valence-electron chi connectivity index (χ1n) is 13.9. The molecule has 10 heteroatoms. The van der Waals surface area contributed by atoms with Gasteiger partial charge in [-0.3, -0.25) is 14.4 Å². The largest absolute Gasteiger partial charge is 0.493 e. The molecule has 2 N–H and O–H groups in total. The highest BCUT2D eigenvalue weighted by Gasteiger charge is 2.41. The van der Waals surface area contributed by atoms with Gasteiger partial charge in [0.15, 0.2) is 17.3 Å². The summed E-state index contributed by atoms with van der Waals surface area (Å²) >= 11 is 6.48. The lowest BCUT2D eigenvalue weighted by Crippen LogP contribution is -2.45. The average molecular weight is 610 g/mol. The zero-order valence-electron chi connectivity index (χ0n) is 24.6. The number of hydrogen-bond acceptors (Lipinski definition) is 7. The van der Waals surface area contributed by atoms with Crippen LogP contribution in [0.15, 0.2) is 60.7 Å². The fourth-order valence-electron chi connectivity index (χ4n) is 5.24. The minimum atomic E-state index is -1.23. The number of aliphatic hydroxyl groups is 1. The molecule has 0 unspecified atom stereocenters. The van der Waals surface area contributed by atoms with Crippen molar-refractivity contribution >= 4 is 34.9 Å². The van der Waals surface area contributed by atoms with Crippen LogP contribution >= 0.6 is 11.6 Å². The third kappa shape index (κ3) is 7.18. The van der Waals surface area contributed by atoms with Crippen LogP contribution in [-0.2, 0) is 20.7 Å². The van der Waals surface area contributed by atoms with Crippen LogP contribution in [0.1, 0.15) is 59.8 Å². The van der Waals surface area contributed by atoms with Crippen LogP contribution in [0.4, 0.5) is 5.69 Å². The van der Waals surface area contributed by atoms with Crippen molar-refractivity contribution in [1.29, 1.82) is 0 Å². The summed E-state index contributed by atoms with van der Waals surface area (Å²) in [5.41, 5.74) is 1.91. The maximum atomic E-state index is 14.3. The van der Waals surface area contributed by atoms with Crippen LogP contribution < -0.4 is 14.4 Å². The van der Waals surface area contributed by atoms with Gasteiger partial charge in [-0.25, -0.2) is 0 Å². The number of ether oxygens (including phenoxy) is 3. The molecule has 4 rings (SSSR count). The Kier molecular flexibility index (Phi) is 10.1. The summed E-state index contributed by atoms with van der Waals surface area (Å²) in [5, 5.41) is 19.7. The number of aliphatic hydroxyl groups excluding tert-OH is 1. The predicted octanol–water partition coefficient (Wildman–Crippen LogP) is 5.49. The molecule has 0 aromatic heterocycles. The Bertz CT molecular complexity index is 1500. The number of nitrogens with zero attached hydrogens (tertiary/aromatic N) is 1. The smallest absolute Gasteiger partial charge is 0.303 e. The molecule has 3 aromatic carbocycles. The highest BCUT2D eigenvalue weighted by Crippen LogP contribution is 2.45. The normalized spacial score (nSPS) is 16.8. The predicted molar refractivity (Wildman–Crippen MR) is 162 cm³/mol. The van der Waals surface area contributed by atoms with Gasteiger partial charge in [0.25, 0.3) is 5.91 Å². The van der Waals surface area contributed by atoms with Crippen molar-refractivity contribution in [2.24, 2.45) is 5.41 Å². The third-order valence-electron chi connectivity index (χ3n) is 7.43. The average Bonchev–Trinajstić information content (AvgIpc) is 3.09. The van der Waals surface area contributed by atoms with E-state index in [2.05, 4.69) is 0 Å². The molecule has 1 amide bonds. The number of aryl methyl sites for hydroxylation is 1. The van der Waals surface area contributed by atoms with Gasteiger partial charge in [-0.15, -0.1) is 0 Å². The van der Waals surface area contributed by atoms with E-state index in [0.29, 0.717) is 44.5 Å². The molecular weight excluding hydrogens is 574 g/mol. The highest BCUT2D eigenvalue weighted by molar-refractivity contribution is 6.30. The number of hydrogen-bond donors (Lipinski definition) is 2. The fourth-order valence-corrected chi connectivity index (χ4v) is 5.42. The lowest BCUT2D eigenvalue weighted by Gasteiger charge is -2.32. The number of methoxy groups -OCH3 is 2. The number of para-hydroxylation sites is 1. The number of amides is 1. The van der Waals surface area contributed by atoms with Crippen LogP contribution in [0.3, 0.4) is 0 Å². The number of fused-ring (bicyclic) bond motifs is 1. The quantitative estimate of drug-likeness (QED) is 0.259. The zero-order chi connectivity index (χ0) is 31.3. The fraction of sp³-hybridized carbons (Fsp3) is 0.364. The van der Waals surface area contributed by atoms with Crippen molar-refractivity contribution in [2.75, 3.05) is 32.3 Å². The molecule has 1 aliphatic heterocycles. The summed E-state index contributed by atoms with van der Waals surface area (Å²) in [4.78, 5) is 40.9. The summed E-state index contributed by atoms with van der Waals surface area (Å²) in [6, 6.07) is 17.2.